The van der Waals surface area contributed by atoms with Crippen LogP contribution in [0.3, 0.4) is 0 Å². The molecule has 0 aliphatic heterocycles. The van der Waals surface area contributed by atoms with Gasteiger partial charge in [-0.05, 0) is 36.6 Å². The predicted molar refractivity (Wildman–Crippen MR) is 75.4 cm³/mol. The van der Waals surface area contributed by atoms with E-state index in [9.17, 15) is 4.79 Å². The van der Waals surface area contributed by atoms with Crippen molar-refractivity contribution >= 4 is 5.91 Å². The number of amides is 1. The highest BCUT2D eigenvalue weighted by atomic mass is 16.5. The summed E-state index contributed by atoms with van der Waals surface area (Å²) in [6.07, 6.45) is 0.706. The molecule has 4 nitrogen and oxygen atoms in total. The van der Waals surface area contributed by atoms with Crippen molar-refractivity contribution in [2.45, 2.75) is 33.2 Å². The number of nitrogens with one attached hydrogen (secondary N) is 1. The predicted octanol–water partition coefficient (Wildman–Crippen LogP) is 2.22. The highest BCUT2D eigenvalue weighted by Gasteiger charge is 2.11. The normalized spacial score (nSPS) is 12.3. The quantitative estimate of drug-likeness (QED) is 0.794. The van der Waals surface area contributed by atoms with E-state index in [0.29, 0.717) is 24.5 Å². The molecule has 1 atom stereocenters. The Morgan fingerprint density at radius 2 is 1.95 bits per heavy atom. The molecule has 2 N–H and O–H groups in total. The summed E-state index contributed by atoms with van der Waals surface area (Å²) in [6, 6.07) is 6.85. The summed E-state index contributed by atoms with van der Waals surface area (Å²) >= 11 is 0. The molecule has 1 aromatic rings. The highest BCUT2D eigenvalue weighted by Crippen LogP contribution is 2.13. The van der Waals surface area contributed by atoms with Crippen molar-refractivity contribution in [3.63, 3.8) is 0 Å². The van der Waals surface area contributed by atoms with Gasteiger partial charge in [-0.2, -0.15) is 0 Å². The lowest BCUT2D eigenvalue weighted by atomic mass is 10.1. The fourth-order valence-corrected chi connectivity index (χ4v) is 1.51. The van der Waals surface area contributed by atoms with Crippen LogP contribution in [-0.2, 0) is 0 Å². The van der Waals surface area contributed by atoms with E-state index >= 15 is 0 Å². The first-order valence-electron chi connectivity index (χ1n) is 6.71. The third-order valence-corrected chi connectivity index (χ3v) is 2.75. The molecule has 0 unspecified atom stereocenters. The molecule has 106 valence electrons. The number of ether oxygens (including phenoxy) is 1. The molecular formula is C15H23NO3. The van der Waals surface area contributed by atoms with Crippen molar-refractivity contribution in [1.29, 1.82) is 0 Å². The number of carbonyl (C=O) groups excluding carboxylic acids is 1. The molecule has 1 rings (SSSR count). The Morgan fingerprint density at radius 1 is 1.32 bits per heavy atom. The molecule has 0 radical (unpaired) electrons. The molecule has 0 aromatic heterocycles. The van der Waals surface area contributed by atoms with Gasteiger partial charge in [0.05, 0.1) is 19.3 Å². The maximum absolute atomic E-state index is 11.9. The third kappa shape index (κ3) is 5.30. The summed E-state index contributed by atoms with van der Waals surface area (Å²) < 4.78 is 5.55. The topological polar surface area (TPSA) is 58.6 Å². The number of hydrogen-bond donors (Lipinski definition) is 2. The second-order valence-electron chi connectivity index (χ2n) is 4.99. The van der Waals surface area contributed by atoms with Crippen LogP contribution in [0.25, 0.3) is 0 Å². The average Bonchev–Trinajstić information content (AvgIpc) is 2.42. The van der Waals surface area contributed by atoms with E-state index in [1.807, 2.05) is 6.92 Å². The number of rotatable bonds is 7. The second kappa shape index (κ2) is 7.79. The summed E-state index contributed by atoms with van der Waals surface area (Å²) in [6.45, 7) is 6.71. The van der Waals surface area contributed by atoms with Gasteiger partial charge < -0.3 is 15.2 Å². The van der Waals surface area contributed by atoms with E-state index in [4.69, 9.17) is 9.84 Å². The summed E-state index contributed by atoms with van der Waals surface area (Å²) in [4.78, 5) is 11.9. The highest BCUT2D eigenvalue weighted by molar-refractivity contribution is 5.94. The Morgan fingerprint density at radius 3 is 2.42 bits per heavy atom. The minimum absolute atomic E-state index is 0.0438. The van der Waals surface area contributed by atoms with Gasteiger partial charge in [0.1, 0.15) is 5.75 Å². The van der Waals surface area contributed by atoms with E-state index in [0.717, 1.165) is 5.75 Å². The van der Waals surface area contributed by atoms with Crippen LogP contribution in [0.1, 0.15) is 37.6 Å². The molecule has 0 bridgehead atoms. The first kappa shape index (κ1) is 15.5. The average molecular weight is 265 g/mol. The number of carbonyl (C=O) groups is 1. The smallest absolute Gasteiger partial charge is 0.251 e. The van der Waals surface area contributed by atoms with Crippen LogP contribution in [-0.4, -0.2) is 30.3 Å². The van der Waals surface area contributed by atoms with Gasteiger partial charge in [-0.1, -0.05) is 20.8 Å². The van der Waals surface area contributed by atoms with E-state index in [1.165, 1.54) is 0 Å². The Balaban J connectivity index is 2.57. The summed E-state index contributed by atoms with van der Waals surface area (Å²) in [5.41, 5.74) is 0.573. The summed E-state index contributed by atoms with van der Waals surface area (Å²) in [7, 11) is 0. The maximum atomic E-state index is 11.9. The fraction of sp³-hybridized carbons (Fsp3) is 0.533. The van der Waals surface area contributed by atoms with E-state index in [2.05, 4.69) is 19.2 Å². The number of benzene rings is 1. The molecule has 0 heterocycles. The Hall–Kier alpha value is -1.55. The van der Waals surface area contributed by atoms with Crippen LogP contribution >= 0.6 is 0 Å². The van der Waals surface area contributed by atoms with Gasteiger partial charge in [0.25, 0.3) is 5.91 Å². The fourth-order valence-electron chi connectivity index (χ4n) is 1.51. The molecule has 0 aliphatic carbocycles. The van der Waals surface area contributed by atoms with Crippen molar-refractivity contribution in [3.05, 3.63) is 29.8 Å². The van der Waals surface area contributed by atoms with Crippen molar-refractivity contribution < 1.29 is 14.6 Å². The lowest BCUT2D eigenvalue weighted by Gasteiger charge is -2.14. The standard InChI is InChI=1S/C15H23NO3/c1-4-13(9-17)16-15(18)12-5-7-14(8-6-12)19-10-11(2)3/h5-8,11,13,17H,4,9-10H2,1-3H3,(H,16,18)/t13-/m1/s1. The van der Waals surface area contributed by atoms with Gasteiger partial charge in [-0.15, -0.1) is 0 Å². The molecule has 0 spiro atoms. The largest absolute Gasteiger partial charge is 0.493 e. The molecule has 0 fully saturated rings. The number of aliphatic hydroxyl groups is 1. The first-order valence-corrected chi connectivity index (χ1v) is 6.71. The van der Waals surface area contributed by atoms with E-state index in [1.54, 1.807) is 24.3 Å². The lowest BCUT2D eigenvalue weighted by molar-refractivity contribution is 0.0915. The van der Waals surface area contributed by atoms with Crippen molar-refractivity contribution in [2.24, 2.45) is 5.92 Å². The zero-order valence-electron chi connectivity index (χ0n) is 11.8. The van der Waals surface area contributed by atoms with Gasteiger partial charge in [0.15, 0.2) is 0 Å². The number of aliphatic hydroxyl groups excluding tert-OH is 1. The molecular weight excluding hydrogens is 242 g/mol. The van der Waals surface area contributed by atoms with Crippen molar-refractivity contribution in [3.8, 4) is 5.75 Å². The molecule has 19 heavy (non-hydrogen) atoms. The van der Waals surface area contributed by atoms with Crippen molar-refractivity contribution in [1.82, 2.24) is 5.32 Å². The van der Waals surface area contributed by atoms with Crippen LogP contribution < -0.4 is 10.1 Å². The van der Waals surface area contributed by atoms with Crippen LogP contribution in [0.2, 0.25) is 0 Å². The zero-order valence-corrected chi connectivity index (χ0v) is 11.8. The Labute approximate surface area is 114 Å². The third-order valence-electron chi connectivity index (χ3n) is 2.75. The first-order chi connectivity index (χ1) is 9.06. The zero-order chi connectivity index (χ0) is 14.3. The minimum atomic E-state index is -0.190. The molecule has 0 saturated carbocycles. The van der Waals surface area contributed by atoms with Gasteiger partial charge >= 0.3 is 0 Å². The molecule has 0 aliphatic rings. The number of hydrogen-bond acceptors (Lipinski definition) is 3. The summed E-state index contributed by atoms with van der Waals surface area (Å²) in [5.74, 6) is 1.06. The summed E-state index contributed by atoms with van der Waals surface area (Å²) in [5, 5.41) is 11.8. The minimum Gasteiger partial charge on any atom is -0.493 e. The molecule has 1 amide bonds. The van der Waals surface area contributed by atoms with Gasteiger partial charge in [-0.25, -0.2) is 0 Å². The van der Waals surface area contributed by atoms with E-state index in [-0.39, 0.29) is 18.6 Å². The molecule has 4 heteroatoms. The van der Waals surface area contributed by atoms with Crippen molar-refractivity contribution in [2.75, 3.05) is 13.2 Å². The Kier molecular flexibility index (Phi) is 6.36. The van der Waals surface area contributed by atoms with Gasteiger partial charge in [0, 0.05) is 5.56 Å². The van der Waals surface area contributed by atoms with Gasteiger partial charge in [-0.3, -0.25) is 4.79 Å². The molecule has 0 saturated heterocycles. The van der Waals surface area contributed by atoms with Crippen LogP contribution in [0, 0.1) is 5.92 Å². The van der Waals surface area contributed by atoms with Crippen LogP contribution in [0.4, 0.5) is 0 Å². The maximum Gasteiger partial charge on any atom is 0.251 e. The van der Waals surface area contributed by atoms with Crippen LogP contribution in [0.5, 0.6) is 5.75 Å². The van der Waals surface area contributed by atoms with Crippen LogP contribution in [0.15, 0.2) is 24.3 Å². The van der Waals surface area contributed by atoms with Gasteiger partial charge in [0.2, 0.25) is 0 Å². The Bertz CT molecular complexity index is 383. The SMILES string of the molecule is CC[C@H](CO)NC(=O)c1ccc(OCC(C)C)cc1. The van der Waals surface area contributed by atoms with E-state index < -0.39 is 0 Å². The lowest BCUT2D eigenvalue weighted by Crippen LogP contribution is -2.36. The molecule has 1 aromatic carbocycles. The second-order valence-corrected chi connectivity index (χ2v) is 4.99. The monoisotopic (exact) mass is 265 g/mol.